The van der Waals surface area contributed by atoms with Crippen molar-refractivity contribution in [1.29, 1.82) is 0 Å². The van der Waals surface area contributed by atoms with Crippen LogP contribution in [0.1, 0.15) is 38.0 Å². The summed E-state index contributed by atoms with van der Waals surface area (Å²) in [6.45, 7) is 5.82. The molecule has 1 rings (SSSR count). The summed E-state index contributed by atoms with van der Waals surface area (Å²) in [5.41, 5.74) is 1.85. The van der Waals surface area contributed by atoms with Crippen LogP contribution in [-0.4, -0.2) is 25.0 Å². The summed E-state index contributed by atoms with van der Waals surface area (Å²) in [6.07, 6.45) is 1.17. The Hall–Kier alpha value is -0.870. The van der Waals surface area contributed by atoms with Crippen LogP contribution in [0, 0.1) is 5.92 Å². The molecule has 0 spiro atoms. The van der Waals surface area contributed by atoms with Crippen LogP contribution in [0.5, 0.6) is 0 Å². The molecule has 0 radical (unpaired) electrons. The topological polar surface area (TPSA) is 54.4 Å². The molecule has 1 aromatic carbocycles. The fourth-order valence-electron chi connectivity index (χ4n) is 1.83. The molecule has 2 atom stereocenters. The summed E-state index contributed by atoms with van der Waals surface area (Å²) in [7, 11) is -3.23. The molecule has 1 aromatic rings. The second kappa shape index (κ2) is 5.85. The minimum Gasteiger partial charge on any atom is -0.387 e. The lowest BCUT2D eigenvalue weighted by Crippen LogP contribution is -2.24. The molecule has 4 heteroatoms. The SMILES string of the molecule is CC(C)Cc1ccc(C(O)C(C)S(C)(=O)=O)cc1. The highest BCUT2D eigenvalue weighted by Gasteiger charge is 2.25. The summed E-state index contributed by atoms with van der Waals surface area (Å²) in [6, 6.07) is 7.52. The smallest absolute Gasteiger partial charge is 0.152 e. The van der Waals surface area contributed by atoms with Crippen molar-refractivity contribution in [2.24, 2.45) is 5.92 Å². The highest BCUT2D eigenvalue weighted by Crippen LogP contribution is 2.22. The van der Waals surface area contributed by atoms with E-state index >= 15 is 0 Å². The minimum atomic E-state index is -3.23. The van der Waals surface area contributed by atoms with Gasteiger partial charge in [0.1, 0.15) is 0 Å². The second-order valence-electron chi connectivity index (χ2n) is 5.32. The molecule has 0 fully saturated rings. The molecule has 3 nitrogen and oxygen atoms in total. The van der Waals surface area contributed by atoms with Crippen LogP contribution in [0.4, 0.5) is 0 Å². The van der Waals surface area contributed by atoms with Gasteiger partial charge >= 0.3 is 0 Å². The molecule has 0 aliphatic heterocycles. The lowest BCUT2D eigenvalue weighted by atomic mass is 9.99. The number of sulfone groups is 1. The summed E-state index contributed by atoms with van der Waals surface area (Å²) in [5, 5.41) is 9.23. The van der Waals surface area contributed by atoms with E-state index in [1.807, 2.05) is 24.3 Å². The van der Waals surface area contributed by atoms with Gasteiger partial charge in [-0.2, -0.15) is 0 Å². The third-order valence-corrected chi connectivity index (χ3v) is 4.69. The minimum absolute atomic E-state index is 0.579. The van der Waals surface area contributed by atoms with E-state index in [-0.39, 0.29) is 0 Å². The molecule has 18 heavy (non-hydrogen) atoms. The first-order valence-corrected chi connectivity index (χ1v) is 8.13. The van der Waals surface area contributed by atoms with Crippen molar-refractivity contribution in [2.75, 3.05) is 6.26 Å². The monoisotopic (exact) mass is 270 g/mol. The predicted molar refractivity (Wildman–Crippen MR) is 74.2 cm³/mol. The van der Waals surface area contributed by atoms with Crippen molar-refractivity contribution in [1.82, 2.24) is 0 Å². The van der Waals surface area contributed by atoms with E-state index in [1.165, 1.54) is 12.5 Å². The Bertz CT molecular complexity index is 474. The molecule has 102 valence electrons. The first kappa shape index (κ1) is 15.2. The number of benzene rings is 1. The number of hydrogen-bond donors (Lipinski definition) is 1. The van der Waals surface area contributed by atoms with Crippen LogP contribution in [0.15, 0.2) is 24.3 Å². The zero-order chi connectivity index (χ0) is 13.9. The van der Waals surface area contributed by atoms with Crippen molar-refractivity contribution in [2.45, 2.75) is 38.5 Å². The van der Waals surface area contributed by atoms with Crippen LogP contribution in [0.3, 0.4) is 0 Å². The van der Waals surface area contributed by atoms with Crippen molar-refractivity contribution in [3.05, 3.63) is 35.4 Å². The van der Waals surface area contributed by atoms with Crippen LogP contribution in [0.2, 0.25) is 0 Å². The third kappa shape index (κ3) is 4.10. The summed E-state index contributed by atoms with van der Waals surface area (Å²) in [5.74, 6) is 0.579. The first-order valence-electron chi connectivity index (χ1n) is 6.17. The van der Waals surface area contributed by atoms with Gasteiger partial charge in [0.15, 0.2) is 9.84 Å². The van der Waals surface area contributed by atoms with Gasteiger partial charge in [-0.05, 0) is 30.4 Å². The lowest BCUT2D eigenvalue weighted by Gasteiger charge is -2.18. The zero-order valence-electron chi connectivity index (χ0n) is 11.4. The van der Waals surface area contributed by atoms with Crippen LogP contribution in [-0.2, 0) is 16.3 Å². The van der Waals surface area contributed by atoms with Crippen LogP contribution in [0.25, 0.3) is 0 Å². The Morgan fingerprint density at radius 2 is 1.61 bits per heavy atom. The molecule has 1 N–H and O–H groups in total. The van der Waals surface area contributed by atoms with Gasteiger partial charge in [-0.15, -0.1) is 0 Å². The van der Waals surface area contributed by atoms with Crippen molar-refractivity contribution < 1.29 is 13.5 Å². The standard InChI is InChI=1S/C14H22O3S/c1-10(2)9-12-5-7-13(8-6-12)14(15)11(3)18(4,16)17/h5-8,10-11,14-15H,9H2,1-4H3. The van der Waals surface area contributed by atoms with Gasteiger partial charge in [0.25, 0.3) is 0 Å². The van der Waals surface area contributed by atoms with E-state index < -0.39 is 21.2 Å². The molecule has 2 unspecified atom stereocenters. The maximum atomic E-state index is 11.4. The highest BCUT2D eigenvalue weighted by molar-refractivity contribution is 7.91. The molecule has 0 aliphatic rings. The molecular weight excluding hydrogens is 248 g/mol. The molecule has 0 heterocycles. The Balaban J connectivity index is 2.85. The Morgan fingerprint density at radius 3 is 2.00 bits per heavy atom. The Kier molecular flexibility index (Phi) is 4.93. The lowest BCUT2D eigenvalue weighted by molar-refractivity contribution is 0.176. The Morgan fingerprint density at radius 1 is 1.11 bits per heavy atom. The van der Waals surface area contributed by atoms with E-state index in [0.717, 1.165) is 12.7 Å². The second-order valence-corrected chi connectivity index (χ2v) is 7.72. The molecule has 0 bridgehead atoms. The van der Waals surface area contributed by atoms with Crippen LogP contribution < -0.4 is 0 Å². The predicted octanol–water partition coefficient (Wildman–Crippen LogP) is 2.35. The number of aliphatic hydroxyl groups excluding tert-OH is 1. The molecular formula is C14H22O3S. The van der Waals surface area contributed by atoms with Gasteiger partial charge in [0, 0.05) is 6.26 Å². The maximum absolute atomic E-state index is 11.4. The average Bonchev–Trinajstić information content (AvgIpc) is 2.26. The fourth-order valence-corrected chi connectivity index (χ4v) is 2.45. The van der Waals surface area contributed by atoms with Gasteiger partial charge in [-0.3, -0.25) is 0 Å². The van der Waals surface area contributed by atoms with Gasteiger partial charge in [-0.1, -0.05) is 38.1 Å². The van der Waals surface area contributed by atoms with Gasteiger partial charge in [0.05, 0.1) is 11.4 Å². The quantitative estimate of drug-likeness (QED) is 0.893. The van der Waals surface area contributed by atoms with E-state index in [2.05, 4.69) is 13.8 Å². The normalized spacial score (nSPS) is 15.7. The highest BCUT2D eigenvalue weighted by atomic mass is 32.2. The van der Waals surface area contributed by atoms with Crippen molar-refractivity contribution in [3.63, 3.8) is 0 Å². The zero-order valence-corrected chi connectivity index (χ0v) is 12.2. The van der Waals surface area contributed by atoms with Crippen molar-refractivity contribution >= 4 is 9.84 Å². The Labute approximate surface area is 110 Å². The molecule has 0 aromatic heterocycles. The summed E-state index contributed by atoms with van der Waals surface area (Å²) in [4.78, 5) is 0. The third-order valence-electron chi connectivity index (χ3n) is 3.09. The number of rotatable bonds is 5. The van der Waals surface area contributed by atoms with E-state index in [9.17, 15) is 13.5 Å². The fraction of sp³-hybridized carbons (Fsp3) is 0.571. The van der Waals surface area contributed by atoms with Crippen LogP contribution >= 0.6 is 0 Å². The molecule has 0 aliphatic carbocycles. The summed E-state index contributed by atoms with van der Waals surface area (Å²) < 4.78 is 22.8. The van der Waals surface area contributed by atoms with Gasteiger partial charge in [0.2, 0.25) is 0 Å². The molecule has 0 saturated carbocycles. The number of aliphatic hydroxyl groups is 1. The van der Waals surface area contributed by atoms with E-state index in [0.29, 0.717) is 11.5 Å². The summed E-state index contributed by atoms with van der Waals surface area (Å²) >= 11 is 0. The van der Waals surface area contributed by atoms with E-state index in [4.69, 9.17) is 0 Å². The van der Waals surface area contributed by atoms with Gasteiger partial charge in [-0.25, -0.2) is 8.42 Å². The average molecular weight is 270 g/mol. The maximum Gasteiger partial charge on any atom is 0.152 e. The largest absolute Gasteiger partial charge is 0.387 e. The van der Waals surface area contributed by atoms with Crippen molar-refractivity contribution in [3.8, 4) is 0 Å². The first-order chi connectivity index (χ1) is 8.21. The number of hydrogen-bond acceptors (Lipinski definition) is 3. The van der Waals surface area contributed by atoms with E-state index in [1.54, 1.807) is 0 Å². The van der Waals surface area contributed by atoms with Gasteiger partial charge < -0.3 is 5.11 Å². The molecule has 0 amide bonds. The molecule has 0 saturated heterocycles.